The van der Waals surface area contributed by atoms with Crippen molar-refractivity contribution >= 4 is 36.9 Å². The number of aromatic amines is 1. The molecule has 2 N–H and O–H groups in total. The molecule has 1 atom stereocenters. The van der Waals surface area contributed by atoms with Crippen molar-refractivity contribution in [1.29, 1.82) is 0 Å². The molecule has 5 nitrogen and oxygen atoms in total. The number of halogens is 1. The molecule has 0 fully saturated rings. The first-order valence-electron chi connectivity index (χ1n) is 7.81. The Kier molecular flexibility index (Phi) is 5.17. The fourth-order valence-corrected chi connectivity index (χ4v) is 4.81. The molecule has 7 heteroatoms. The summed E-state index contributed by atoms with van der Waals surface area (Å²) in [5, 5.41) is 1.11. The van der Waals surface area contributed by atoms with Gasteiger partial charge in [-0.25, -0.2) is 13.1 Å². The van der Waals surface area contributed by atoms with E-state index >= 15 is 0 Å². The standard InChI is InChI=1S/C18H19BrN2O3S/c1-12(9-13-11-20-16-6-4-3-5-15(13)16)21-25(22,23)18-10-14(19)7-8-17(18)24-2/h3-8,10-12,20-21H,9H2,1-2H3. The average Bonchev–Trinajstić information content (AvgIpc) is 2.97. The van der Waals surface area contributed by atoms with Crippen molar-refractivity contribution in [3.05, 3.63) is 58.7 Å². The SMILES string of the molecule is COc1ccc(Br)cc1S(=O)(=O)NC(C)Cc1c[nH]c2ccccc12. The van der Waals surface area contributed by atoms with E-state index in [1.54, 1.807) is 18.2 Å². The number of sulfonamides is 1. The summed E-state index contributed by atoms with van der Waals surface area (Å²) in [6.45, 7) is 1.85. The van der Waals surface area contributed by atoms with Crippen LogP contribution >= 0.6 is 15.9 Å². The van der Waals surface area contributed by atoms with Crippen molar-refractivity contribution in [2.24, 2.45) is 0 Å². The zero-order valence-corrected chi connectivity index (χ0v) is 16.3. The zero-order valence-electron chi connectivity index (χ0n) is 13.9. The lowest BCUT2D eigenvalue weighted by Crippen LogP contribution is -2.34. The third-order valence-corrected chi connectivity index (χ3v) is 6.08. The highest BCUT2D eigenvalue weighted by atomic mass is 79.9. The van der Waals surface area contributed by atoms with Crippen LogP contribution in [0.4, 0.5) is 0 Å². The van der Waals surface area contributed by atoms with Gasteiger partial charge in [0.2, 0.25) is 10.0 Å². The molecule has 0 amide bonds. The lowest BCUT2D eigenvalue weighted by molar-refractivity contribution is 0.402. The third kappa shape index (κ3) is 3.89. The molecule has 1 heterocycles. The maximum Gasteiger partial charge on any atom is 0.244 e. The molecule has 3 aromatic rings. The van der Waals surface area contributed by atoms with E-state index in [0.717, 1.165) is 16.5 Å². The fraction of sp³-hybridized carbons (Fsp3) is 0.222. The Morgan fingerprint density at radius 2 is 2.00 bits per heavy atom. The van der Waals surface area contributed by atoms with Crippen LogP contribution in [0.5, 0.6) is 5.75 Å². The number of hydrogen-bond donors (Lipinski definition) is 2. The van der Waals surface area contributed by atoms with Crippen molar-refractivity contribution < 1.29 is 13.2 Å². The highest BCUT2D eigenvalue weighted by Gasteiger charge is 2.22. The van der Waals surface area contributed by atoms with Crippen LogP contribution in [0.1, 0.15) is 12.5 Å². The molecule has 0 spiro atoms. The monoisotopic (exact) mass is 422 g/mol. The van der Waals surface area contributed by atoms with E-state index in [4.69, 9.17) is 4.74 Å². The van der Waals surface area contributed by atoms with Gasteiger partial charge in [0.05, 0.1) is 7.11 Å². The van der Waals surface area contributed by atoms with E-state index in [-0.39, 0.29) is 10.9 Å². The Balaban J connectivity index is 1.82. The Hall–Kier alpha value is -1.83. The molecular weight excluding hydrogens is 404 g/mol. The molecule has 1 unspecified atom stereocenters. The molecule has 0 aliphatic carbocycles. The fourth-order valence-electron chi connectivity index (χ4n) is 2.86. The van der Waals surface area contributed by atoms with Gasteiger partial charge in [-0.15, -0.1) is 0 Å². The van der Waals surface area contributed by atoms with Gasteiger partial charge in [0, 0.05) is 27.6 Å². The largest absolute Gasteiger partial charge is 0.495 e. The second kappa shape index (κ2) is 7.19. The van der Waals surface area contributed by atoms with Crippen molar-refractivity contribution in [2.45, 2.75) is 24.3 Å². The van der Waals surface area contributed by atoms with Crippen molar-refractivity contribution in [2.75, 3.05) is 7.11 Å². The number of hydrogen-bond acceptors (Lipinski definition) is 3. The van der Waals surface area contributed by atoms with Gasteiger partial charge in [-0.3, -0.25) is 0 Å². The molecule has 0 aliphatic heterocycles. The molecule has 2 aromatic carbocycles. The van der Waals surface area contributed by atoms with Crippen LogP contribution in [-0.2, 0) is 16.4 Å². The number of benzene rings is 2. The predicted molar refractivity (Wildman–Crippen MR) is 102 cm³/mol. The van der Waals surface area contributed by atoms with Gasteiger partial charge in [0.1, 0.15) is 10.6 Å². The second-order valence-corrected chi connectivity index (χ2v) is 8.48. The van der Waals surface area contributed by atoms with Crippen molar-refractivity contribution in [3.8, 4) is 5.75 Å². The van der Waals surface area contributed by atoms with Gasteiger partial charge >= 0.3 is 0 Å². The first-order chi connectivity index (χ1) is 11.9. The van der Waals surface area contributed by atoms with Crippen LogP contribution in [-0.4, -0.2) is 26.6 Å². The van der Waals surface area contributed by atoms with Crippen LogP contribution in [0.3, 0.4) is 0 Å². The number of para-hydroxylation sites is 1. The molecule has 0 bridgehead atoms. The van der Waals surface area contributed by atoms with Crippen molar-refractivity contribution in [1.82, 2.24) is 9.71 Å². The number of H-pyrrole nitrogens is 1. The van der Waals surface area contributed by atoms with E-state index in [0.29, 0.717) is 16.6 Å². The molecule has 25 heavy (non-hydrogen) atoms. The lowest BCUT2D eigenvalue weighted by atomic mass is 10.1. The third-order valence-electron chi connectivity index (χ3n) is 3.97. The van der Waals surface area contributed by atoms with E-state index in [1.807, 2.05) is 37.4 Å². The lowest BCUT2D eigenvalue weighted by Gasteiger charge is -2.16. The second-order valence-electron chi connectivity index (χ2n) is 5.88. The Bertz CT molecular complexity index is 998. The number of nitrogens with one attached hydrogen (secondary N) is 2. The van der Waals surface area contributed by atoms with Crippen LogP contribution in [0.25, 0.3) is 10.9 Å². The van der Waals surface area contributed by atoms with E-state index in [1.165, 1.54) is 7.11 Å². The topological polar surface area (TPSA) is 71.2 Å². The van der Waals surface area contributed by atoms with Crippen LogP contribution in [0, 0.1) is 0 Å². The van der Waals surface area contributed by atoms with Crippen LogP contribution in [0.15, 0.2) is 58.0 Å². The smallest absolute Gasteiger partial charge is 0.244 e. The molecule has 0 saturated heterocycles. The maximum absolute atomic E-state index is 12.7. The van der Waals surface area contributed by atoms with Gasteiger partial charge < -0.3 is 9.72 Å². The minimum atomic E-state index is -3.70. The number of ether oxygens (including phenoxy) is 1. The van der Waals surface area contributed by atoms with Crippen molar-refractivity contribution in [3.63, 3.8) is 0 Å². The Morgan fingerprint density at radius 1 is 1.24 bits per heavy atom. The quantitative estimate of drug-likeness (QED) is 0.633. The van der Waals surface area contributed by atoms with Crippen LogP contribution in [0.2, 0.25) is 0 Å². The van der Waals surface area contributed by atoms with Gasteiger partial charge in [-0.1, -0.05) is 34.1 Å². The zero-order chi connectivity index (χ0) is 18.0. The summed E-state index contributed by atoms with van der Waals surface area (Å²) in [6.07, 6.45) is 2.51. The molecule has 0 saturated carbocycles. The summed E-state index contributed by atoms with van der Waals surface area (Å²) < 4.78 is 34.1. The molecule has 0 radical (unpaired) electrons. The van der Waals surface area contributed by atoms with E-state index in [2.05, 4.69) is 25.6 Å². The van der Waals surface area contributed by atoms with Crippen LogP contribution < -0.4 is 9.46 Å². The summed E-state index contributed by atoms with van der Waals surface area (Å²) >= 11 is 3.31. The van der Waals surface area contributed by atoms with E-state index in [9.17, 15) is 8.42 Å². The summed E-state index contributed by atoms with van der Waals surface area (Å²) in [5.41, 5.74) is 2.12. The number of fused-ring (bicyclic) bond motifs is 1. The molecule has 3 rings (SSSR count). The van der Waals surface area contributed by atoms with Gasteiger partial charge in [-0.05, 0) is 43.2 Å². The Morgan fingerprint density at radius 3 is 2.76 bits per heavy atom. The first kappa shape index (κ1) is 18.0. The highest BCUT2D eigenvalue weighted by Crippen LogP contribution is 2.27. The van der Waals surface area contributed by atoms with Gasteiger partial charge in [0.15, 0.2) is 0 Å². The molecule has 1 aromatic heterocycles. The molecule has 132 valence electrons. The number of methoxy groups -OCH3 is 1. The average molecular weight is 423 g/mol. The summed E-state index contributed by atoms with van der Waals surface area (Å²) in [7, 11) is -2.24. The maximum atomic E-state index is 12.7. The number of aromatic nitrogens is 1. The minimum Gasteiger partial charge on any atom is -0.495 e. The summed E-state index contributed by atoms with van der Waals surface area (Å²) in [6, 6.07) is 12.6. The van der Waals surface area contributed by atoms with Gasteiger partial charge in [-0.2, -0.15) is 0 Å². The van der Waals surface area contributed by atoms with Gasteiger partial charge in [0.25, 0.3) is 0 Å². The minimum absolute atomic E-state index is 0.121. The summed E-state index contributed by atoms with van der Waals surface area (Å²) in [4.78, 5) is 3.33. The first-order valence-corrected chi connectivity index (χ1v) is 10.1. The normalized spacial score (nSPS) is 13.1. The molecule has 0 aliphatic rings. The predicted octanol–water partition coefficient (Wildman–Crippen LogP) is 3.85. The number of rotatable bonds is 6. The summed E-state index contributed by atoms with van der Waals surface area (Å²) in [5.74, 6) is 0.315. The van der Waals surface area contributed by atoms with E-state index < -0.39 is 10.0 Å². The highest BCUT2D eigenvalue weighted by molar-refractivity contribution is 9.10. The Labute approximate surface area is 155 Å². The molecular formula is C18H19BrN2O3S.